The van der Waals surface area contributed by atoms with E-state index < -0.39 is 5.60 Å². The first kappa shape index (κ1) is 26.8. The maximum absolute atomic E-state index is 10.3. The first-order valence-electron chi connectivity index (χ1n) is 13.4. The minimum Gasteiger partial charge on any atom is -0.389 e. The third-order valence-electron chi connectivity index (χ3n) is 6.94. The highest BCUT2D eigenvalue weighted by atomic mass is 32.2. The molecule has 0 amide bonds. The van der Waals surface area contributed by atoms with Crippen LogP contribution in [0.2, 0.25) is 0 Å². The minimum absolute atomic E-state index is 0.419. The zero-order valence-corrected chi connectivity index (χ0v) is 24.5. The second-order valence-electron chi connectivity index (χ2n) is 10.9. The summed E-state index contributed by atoms with van der Waals surface area (Å²) in [5.74, 6) is 0.740. The molecule has 0 bridgehead atoms. The lowest BCUT2D eigenvalue weighted by Gasteiger charge is -2.18. The van der Waals surface area contributed by atoms with Gasteiger partial charge in [-0.1, -0.05) is 6.07 Å². The second kappa shape index (κ2) is 10.5. The van der Waals surface area contributed by atoms with E-state index in [-0.39, 0.29) is 0 Å². The number of hydrogen-bond acceptors (Lipinski definition) is 8. The summed E-state index contributed by atoms with van der Waals surface area (Å²) in [7, 11) is 1.92. The van der Waals surface area contributed by atoms with Crippen molar-refractivity contribution in [3.8, 4) is 11.3 Å². The van der Waals surface area contributed by atoms with E-state index in [0.29, 0.717) is 6.54 Å². The molecule has 0 fully saturated rings. The number of hydrogen-bond donors (Lipinski definition) is 3. The molecular weight excluding hydrogens is 532 g/mol. The molecule has 10 heteroatoms. The maximum Gasteiger partial charge on any atom is 0.130 e. The number of nitrogens with zero attached hydrogens (tertiary/aromatic N) is 6. The van der Waals surface area contributed by atoms with Gasteiger partial charge in [0.25, 0.3) is 0 Å². The molecule has 6 rings (SSSR count). The quantitative estimate of drug-likeness (QED) is 0.177. The molecule has 3 N–H and O–H groups in total. The van der Waals surface area contributed by atoms with Crippen molar-refractivity contribution in [1.29, 1.82) is 0 Å². The Labute approximate surface area is 242 Å². The van der Waals surface area contributed by atoms with Crippen LogP contribution >= 0.6 is 11.9 Å². The first-order valence-corrected chi connectivity index (χ1v) is 14.2. The lowest BCUT2D eigenvalue weighted by molar-refractivity contribution is 0.0591. The summed E-state index contributed by atoms with van der Waals surface area (Å²) < 4.78 is 7.05. The van der Waals surface area contributed by atoms with Crippen LogP contribution in [0.25, 0.3) is 32.9 Å². The van der Waals surface area contributed by atoms with E-state index in [0.717, 1.165) is 66.3 Å². The van der Waals surface area contributed by atoms with Crippen molar-refractivity contribution in [3.63, 3.8) is 0 Å². The fraction of sp³-hybridized carbons (Fsp3) is 0.226. The van der Waals surface area contributed by atoms with Gasteiger partial charge in [0.05, 0.1) is 40.1 Å². The van der Waals surface area contributed by atoms with Crippen molar-refractivity contribution in [3.05, 3.63) is 84.6 Å². The number of aryl methyl sites for hydroxylation is 3. The fourth-order valence-electron chi connectivity index (χ4n) is 4.95. The van der Waals surface area contributed by atoms with Gasteiger partial charge in [0.1, 0.15) is 5.82 Å². The molecule has 0 aliphatic heterocycles. The normalized spacial score (nSPS) is 11.9. The summed E-state index contributed by atoms with van der Waals surface area (Å²) in [6, 6.07) is 16.3. The van der Waals surface area contributed by atoms with Crippen LogP contribution in [0.4, 0.5) is 17.2 Å². The summed E-state index contributed by atoms with van der Waals surface area (Å²) in [6.45, 7) is 8.09. The predicted molar refractivity (Wildman–Crippen MR) is 166 cm³/mol. The molecule has 0 unspecified atom stereocenters. The third kappa shape index (κ3) is 5.61. The molecular formula is C31H32N8OS. The average molecular weight is 565 g/mol. The number of rotatable bonds is 8. The van der Waals surface area contributed by atoms with Crippen molar-refractivity contribution < 1.29 is 5.11 Å². The van der Waals surface area contributed by atoms with Gasteiger partial charge in [-0.05, 0) is 87.7 Å². The second-order valence-corrected chi connectivity index (χ2v) is 11.7. The predicted octanol–water partition coefficient (Wildman–Crippen LogP) is 6.63. The molecule has 9 nitrogen and oxygen atoms in total. The summed E-state index contributed by atoms with van der Waals surface area (Å²) >= 11 is 1.55. The van der Waals surface area contributed by atoms with Gasteiger partial charge < -0.3 is 15.1 Å². The van der Waals surface area contributed by atoms with Gasteiger partial charge in [-0.3, -0.25) is 14.3 Å². The van der Waals surface area contributed by atoms with Gasteiger partial charge in [-0.25, -0.2) is 4.98 Å². The Morgan fingerprint density at radius 2 is 1.73 bits per heavy atom. The summed E-state index contributed by atoms with van der Waals surface area (Å²) in [4.78, 5) is 10.5. The van der Waals surface area contributed by atoms with E-state index in [1.165, 1.54) is 0 Å². The van der Waals surface area contributed by atoms with Crippen molar-refractivity contribution in [2.45, 2.75) is 44.7 Å². The van der Waals surface area contributed by atoms with Crippen molar-refractivity contribution in [2.75, 3.05) is 10.0 Å². The lowest BCUT2D eigenvalue weighted by atomic mass is 9.98. The van der Waals surface area contributed by atoms with Gasteiger partial charge in [0.2, 0.25) is 0 Å². The highest BCUT2D eigenvalue weighted by molar-refractivity contribution is 8.00. The number of nitrogens with one attached hydrogen (secondary N) is 2. The lowest BCUT2D eigenvalue weighted by Crippen LogP contribution is -2.26. The Hall–Kier alpha value is -4.41. The molecule has 6 aromatic rings. The van der Waals surface area contributed by atoms with Crippen LogP contribution in [-0.2, 0) is 13.6 Å². The molecule has 0 aliphatic rings. The van der Waals surface area contributed by atoms with E-state index in [1.807, 2.05) is 84.5 Å². The van der Waals surface area contributed by atoms with E-state index in [1.54, 1.807) is 25.8 Å². The van der Waals surface area contributed by atoms with Crippen LogP contribution in [0.15, 0.2) is 78.2 Å². The summed E-state index contributed by atoms with van der Waals surface area (Å²) in [5, 5.41) is 25.7. The van der Waals surface area contributed by atoms with E-state index in [4.69, 9.17) is 4.98 Å². The molecule has 4 aromatic heterocycles. The average Bonchev–Trinajstić information content (AvgIpc) is 3.49. The largest absolute Gasteiger partial charge is 0.389 e. The highest BCUT2D eigenvalue weighted by Gasteiger charge is 2.18. The Morgan fingerprint density at radius 1 is 0.951 bits per heavy atom. The van der Waals surface area contributed by atoms with Crippen LogP contribution in [0.1, 0.15) is 25.1 Å². The molecule has 0 radical (unpaired) electrons. The van der Waals surface area contributed by atoms with Crippen LogP contribution in [-0.4, -0.2) is 40.2 Å². The third-order valence-corrected chi connectivity index (χ3v) is 7.90. The van der Waals surface area contributed by atoms with Gasteiger partial charge in [-0.2, -0.15) is 10.2 Å². The van der Waals surface area contributed by atoms with Crippen molar-refractivity contribution in [2.24, 2.45) is 7.05 Å². The van der Waals surface area contributed by atoms with Crippen LogP contribution < -0.4 is 10.0 Å². The Bertz CT molecular complexity index is 1870. The zero-order chi connectivity index (χ0) is 28.7. The summed E-state index contributed by atoms with van der Waals surface area (Å²) in [5.41, 5.74) is 6.10. The molecule has 0 saturated heterocycles. The van der Waals surface area contributed by atoms with Gasteiger partial charge in [0.15, 0.2) is 0 Å². The number of aromatic nitrogens is 6. The van der Waals surface area contributed by atoms with Crippen molar-refractivity contribution >= 4 is 50.8 Å². The number of aliphatic hydroxyl groups is 1. The maximum atomic E-state index is 10.3. The number of benzene rings is 2. The van der Waals surface area contributed by atoms with Crippen molar-refractivity contribution in [1.82, 2.24) is 29.5 Å². The molecule has 0 atom stereocenters. The molecule has 2 aromatic carbocycles. The number of fused-ring (bicyclic) bond motifs is 2. The Kier molecular flexibility index (Phi) is 6.88. The van der Waals surface area contributed by atoms with Gasteiger partial charge in [0, 0.05) is 58.7 Å². The number of pyridine rings is 2. The molecule has 4 heterocycles. The van der Waals surface area contributed by atoms with Crippen LogP contribution in [0.5, 0.6) is 0 Å². The minimum atomic E-state index is -0.853. The molecule has 0 aliphatic carbocycles. The topological polar surface area (TPSA) is 106 Å². The van der Waals surface area contributed by atoms with E-state index >= 15 is 0 Å². The zero-order valence-electron chi connectivity index (χ0n) is 23.7. The van der Waals surface area contributed by atoms with E-state index in [2.05, 4.69) is 44.3 Å². The Morgan fingerprint density at radius 3 is 2.46 bits per heavy atom. The standard InChI is InChI=1S/C31H32N8OS/c1-19-24(10-11-27-26(19)16-34-39(27)18-31(3,4)40)30-25-14-29(33-15-21(25)12-13-32-30)35-22-6-8-23(9-7-22)37-41-28-17-38(5)36-20(28)2/h6-17,37,40H,18H2,1-5H3,(H,33,35). The number of anilines is 3. The van der Waals surface area contributed by atoms with Gasteiger partial charge >= 0.3 is 0 Å². The molecule has 41 heavy (non-hydrogen) atoms. The molecule has 0 saturated carbocycles. The molecule has 208 valence electrons. The van der Waals surface area contributed by atoms with Crippen LogP contribution in [0, 0.1) is 13.8 Å². The van der Waals surface area contributed by atoms with E-state index in [9.17, 15) is 5.11 Å². The van der Waals surface area contributed by atoms with Gasteiger partial charge in [-0.15, -0.1) is 0 Å². The SMILES string of the molecule is Cc1nn(C)cc1SNc1ccc(Nc2cc3c(-c4ccc5c(cnn5CC(C)(C)O)c4C)nccc3cn2)cc1. The van der Waals surface area contributed by atoms with Crippen LogP contribution in [0.3, 0.4) is 0 Å². The fourth-order valence-corrected chi connectivity index (χ4v) is 5.71. The molecule has 0 spiro atoms. The Balaban J connectivity index is 1.25. The monoisotopic (exact) mass is 564 g/mol. The smallest absolute Gasteiger partial charge is 0.130 e. The highest BCUT2D eigenvalue weighted by Crippen LogP contribution is 2.34. The first-order chi connectivity index (χ1) is 19.6. The summed E-state index contributed by atoms with van der Waals surface area (Å²) in [6.07, 6.45) is 7.57.